The molecule has 2 heteroatoms. The van der Waals surface area contributed by atoms with E-state index in [1.54, 1.807) is 0 Å². The fraction of sp³-hybridized carbons (Fsp3) is 0.867. The van der Waals surface area contributed by atoms with Crippen LogP contribution in [-0.4, -0.2) is 14.4 Å². The minimum atomic E-state index is -1.36. The summed E-state index contributed by atoms with van der Waals surface area (Å²) < 4.78 is 6.37. The average Bonchev–Trinajstić information content (AvgIpc) is 2.24. The van der Waals surface area contributed by atoms with Crippen molar-refractivity contribution in [3.63, 3.8) is 0 Å². The number of rotatable bonds is 7. The van der Waals surface area contributed by atoms with Crippen molar-refractivity contribution in [2.75, 3.05) is 0 Å². The zero-order valence-corrected chi connectivity index (χ0v) is 13.0. The summed E-state index contributed by atoms with van der Waals surface area (Å²) in [7, 11) is -1.36. The first kappa shape index (κ1) is 15.0. The van der Waals surface area contributed by atoms with Crippen molar-refractivity contribution >= 4 is 8.32 Å². The van der Waals surface area contributed by atoms with Gasteiger partial charge in [-0.15, -0.1) is 6.58 Å². The Bertz CT molecular complexity index is 219. The van der Waals surface area contributed by atoms with Gasteiger partial charge in [-0.05, 0) is 57.7 Å². The molecule has 17 heavy (non-hydrogen) atoms. The summed E-state index contributed by atoms with van der Waals surface area (Å²) in [4.78, 5) is 0. The van der Waals surface area contributed by atoms with Gasteiger partial charge in [-0.25, -0.2) is 0 Å². The van der Waals surface area contributed by atoms with E-state index in [0.717, 1.165) is 5.92 Å². The molecule has 0 aromatic heterocycles. The average molecular weight is 254 g/mol. The smallest absolute Gasteiger partial charge is 0.184 e. The third-order valence-electron chi connectivity index (χ3n) is 3.58. The maximum atomic E-state index is 6.37. The first-order valence-corrected chi connectivity index (χ1v) is 10.7. The lowest BCUT2D eigenvalue weighted by Gasteiger charge is -2.36. The minimum absolute atomic E-state index is 0.569. The highest BCUT2D eigenvalue weighted by Gasteiger charge is 2.29. The van der Waals surface area contributed by atoms with Gasteiger partial charge < -0.3 is 4.43 Å². The van der Waals surface area contributed by atoms with Crippen LogP contribution < -0.4 is 0 Å². The van der Waals surface area contributed by atoms with Crippen molar-refractivity contribution in [3.8, 4) is 0 Å². The molecule has 0 saturated heterocycles. The summed E-state index contributed by atoms with van der Waals surface area (Å²) in [5, 5.41) is 0. The zero-order valence-electron chi connectivity index (χ0n) is 12.0. The van der Waals surface area contributed by atoms with Crippen LogP contribution in [0.15, 0.2) is 12.7 Å². The van der Waals surface area contributed by atoms with Gasteiger partial charge in [0.2, 0.25) is 0 Å². The zero-order chi connectivity index (χ0) is 12.7. The molecule has 0 aliphatic heterocycles. The lowest BCUT2D eigenvalue weighted by Crippen LogP contribution is -2.38. The molecule has 0 spiro atoms. The molecule has 0 amide bonds. The van der Waals surface area contributed by atoms with Gasteiger partial charge in [0, 0.05) is 6.10 Å². The molecule has 1 aliphatic carbocycles. The maximum Gasteiger partial charge on any atom is 0.184 e. The van der Waals surface area contributed by atoms with E-state index in [4.69, 9.17) is 4.43 Å². The lowest BCUT2D eigenvalue weighted by atomic mass is 9.83. The molecular formula is C15H30OSi. The predicted octanol–water partition coefficient (Wildman–Crippen LogP) is 5.14. The molecule has 1 saturated carbocycles. The van der Waals surface area contributed by atoms with Gasteiger partial charge >= 0.3 is 0 Å². The summed E-state index contributed by atoms with van der Waals surface area (Å²) in [6.07, 6.45) is 13.3. The summed E-state index contributed by atoms with van der Waals surface area (Å²) in [6.45, 7) is 10.7. The monoisotopic (exact) mass is 254 g/mol. The van der Waals surface area contributed by atoms with Crippen molar-refractivity contribution in [1.29, 1.82) is 0 Å². The molecule has 0 aromatic rings. The first-order chi connectivity index (χ1) is 8.03. The highest BCUT2D eigenvalue weighted by Crippen LogP contribution is 2.32. The molecule has 1 rings (SSSR count). The number of allylic oxidation sites excluding steroid dienone is 1. The maximum absolute atomic E-state index is 6.37. The van der Waals surface area contributed by atoms with Gasteiger partial charge in [-0.2, -0.15) is 0 Å². The number of hydrogen-bond acceptors (Lipinski definition) is 1. The fourth-order valence-electron chi connectivity index (χ4n) is 2.81. The molecule has 100 valence electrons. The van der Waals surface area contributed by atoms with Crippen LogP contribution in [0.4, 0.5) is 0 Å². The van der Waals surface area contributed by atoms with Gasteiger partial charge in [-0.1, -0.05) is 25.3 Å². The Balaban J connectivity index is 2.34. The van der Waals surface area contributed by atoms with E-state index in [0.29, 0.717) is 6.10 Å². The normalized spacial score (nSPS) is 25.8. The van der Waals surface area contributed by atoms with Crippen LogP contribution >= 0.6 is 0 Å². The van der Waals surface area contributed by atoms with Crippen molar-refractivity contribution in [2.24, 2.45) is 5.92 Å². The van der Waals surface area contributed by atoms with Crippen LogP contribution in [0.1, 0.15) is 51.4 Å². The molecule has 0 aromatic carbocycles. The highest BCUT2D eigenvalue weighted by molar-refractivity contribution is 6.69. The Kier molecular flexibility index (Phi) is 6.50. The molecule has 0 radical (unpaired) electrons. The number of unbranched alkanes of at least 4 members (excludes halogenated alkanes) is 2. The minimum Gasteiger partial charge on any atom is -0.414 e. The van der Waals surface area contributed by atoms with Crippen molar-refractivity contribution in [2.45, 2.75) is 77.1 Å². The Morgan fingerprint density at radius 1 is 1.18 bits per heavy atom. The second-order valence-electron chi connectivity index (χ2n) is 6.39. The summed E-state index contributed by atoms with van der Waals surface area (Å²) in [5.41, 5.74) is 0. The van der Waals surface area contributed by atoms with Crippen LogP contribution in [0.5, 0.6) is 0 Å². The van der Waals surface area contributed by atoms with Crippen LogP contribution in [-0.2, 0) is 4.43 Å². The van der Waals surface area contributed by atoms with Gasteiger partial charge in [-0.3, -0.25) is 0 Å². The van der Waals surface area contributed by atoms with Gasteiger partial charge in [0.1, 0.15) is 0 Å². The van der Waals surface area contributed by atoms with Crippen LogP contribution in [0.3, 0.4) is 0 Å². The van der Waals surface area contributed by atoms with E-state index in [-0.39, 0.29) is 0 Å². The third kappa shape index (κ3) is 6.42. The predicted molar refractivity (Wildman–Crippen MR) is 78.8 cm³/mol. The molecule has 2 atom stereocenters. The van der Waals surface area contributed by atoms with E-state index < -0.39 is 8.32 Å². The molecule has 0 bridgehead atoms. The molecule has 2 unspecified atom stereocenters. The highest BCUT2D eigenvalue weighted by atomic mass is 28.4. The second kappa shape index (κ2) is 7.37. The Morgan fingerprint density at radius 3 is 2.53 bits per heavy atom. The Labute approximate surface area is 109 Å². The summed E-state index contributed by atoms with van der Waals surface area (Å²) in [5.74, 6) is 0.834. The van der Waals surface area contributed by atoms with Crippen molar-refractivity contribution < 1.29 is 4.43 Å². The lowest BCUT2D eigenvalue weighted by molar-refractivity contribution is 0.0797. The summed E-state index contributed by atoms with van der Waals surface area (Å²) >= 11 is 0. The van der Waals surface area contributed by atoms with Gasteiger partial charge in [0.05, 0.1) is 0 Å². The van der Waals surface area contributed by atoms with E-state index in [9.17, 15) is 0 Å². The summed E-state index contributed by atoms with van der Waals surface area (Å²) in [6, 6.07) is 0. The topological polar surface area (TPSA) is 9.23 Å². The Morgan fingerprint density at radius 2 is 1.88 bits per heavy atom. The third-order valence-corrected chi connectivity index (χ3v) is 4.59. The van der Waals surface area contributed by atoms with E-state index >= 15 is 0 Å². The SMILES string of the molecule is C=CCCCCC1CCCCC1O[Si](C)(C)C. The quantitative estimate of drug-likeness (QED) is 0.347. The van der Waals surface area contributed by atoms with Crippen molar-refractivity contribution in [3.05, 3.63) is 12.7 Å². The van der Waals surface area contributed by atoms with E-state index in [1.165, 1.54) is 51.4 Å². The first-order valence-electron chi connectivity index (χ1n) is 7.31. The van der Waals surface area contributed by atoms with Crippen molar-refractivity contribution in [1.82, 2.24) is 0 Å². The van der Waals surface area contributed by atoms with Gasteiger partial charge in [0.25, 0.3) is 0 Å². The number of hydrogen-bond donors (Lipinski definition) is 0. The molecule has 0 N–H and O–H groups in total. The molecule has 0 heterocycles. The molecule has 1 fully saturated rings. The van der Waals surface area contributed by atoms with E-state index in [2.05, 4.69) is 26.2 Å². The van der Waals surface area contributed by atoms with Crippen LogP contribution in [0.2, 0.25) is 19.6 Å². The van der Waals surface area contributed by atoms with Crippen LogP contribution in [0, 0.1) is 5.92 Å². The van der Waals surface area contributed by atoms with Crippen LogP contribution in [0.25, 0.3) is 0 Å². The van der Waals surface area contributed by atoms with Gasteiger partial charge in [0.15, 0.2) is 8.32 Å². The molecule has 1 aliphatic rings. The fourth-order valence-corrected chi connectivity index (χ4v) is 4.03. The molecule has 1 nitrogen and oxygen atoms in total. The van der Waals surface area contributed by atoms with E-state index in [1.807, 2.05) is 6.08 Å². The second-order valence-corrected chi connectivity index (χ2v) is 10.8. The molecular weight excluding hydrogens is 224 g/mol. The largest absolute Gasteiger partial charge is 0.414 e. The standard InChI is InChI=1S/C15H30OSi/c1-5-6-7-8-11-14-12-9-10-13-15(14)16-17(2,3)4/h5,14-15H,1,6-13H2,2-4H3. The Hall–Kier alpha value is -0.0831.